The van der Waals surface area contributed by atoms with E-state index in [1.807, 2.05) is 6.92 Å². The molecule has 4 aromatic rings. The molecule has 148 valence electrons. The molecule has 0 bridgehead atoms. The number of hydrogen-bond acceptors (Lipinski definition) is 8. The Morgan fingerprint density at radius 3 is 2.80 bits per heavy atom. The lowest BCUT2D eigenvalue weighted by atomic mass is 9.97. The lowest BCUT2D eigenvalue weighted by Gasteiger charge is -2.13. The van der Waals surface area contributed by atoms with E-state index in [-0.39, 0.29) is 5.91 Å². The van der Waals surface area contributed by atoms with Gasteiger partial charge in [0.2, 0.25) is 0 Å². The Bertz CT molecular complexity index is 1330. The van der Waals surface area contributed by atoms with Crippen molar-refractivity contribution in [2.75, 3.05) is 12.4 Å². The highest BCUT2D eigenvalue weighted by molar-refractivity contribution is 9.10. The molecule has 0 fully saturated rings. The SMILES string of the molecule is COc1ccc(C#N)cc1-c1cc(C)ncc1C(=O)Nc1nc2ncc(Br)nc2s1. The fraction of sp³-hybridized carbons (Fsp3) is 0.100. The van der Waals surface area contributed by atoms with E-state index < -0.39 is 0 Å². The number of hydrogen-bond donors (Lipinski definition) is 1. The van der Waals surface area contributed by atoms with Crippen LogP contribution < -0.4 is 10.1 Å². The number of methoxy groups -OCH3 is 1. The van der Waals surface area contributed by atoms with E-state index in [1.54, 1.807) is 30.5 Å². The van der Waals surface area contributed by atoms with Crippen molar-refractivity contribution in [1.82, 2.24) is 19.9 Å². The number of nitrogens with one attached hydrogen (secondary N) is 1. The van der Waals surface area contributed by atoms with Crippen LogP contribution in [0.4, 0.5) is 5.13 Å². The van der Waals surface area contributed by atoms with Gasteiger partial charge < -0.3 is 4.74 Å². The number of nitrogens with zero attached hydrogens (tertiary/aromatic N) is 5. The maximum absolute atomic E-state index is 13.1. The van der Waals surface area contributed by atoms with Crippen molar-refractivity contribution in [2.45, 2.75) is 6.92 Å². The molecule has 4 rings (SSSR count). The van der Waals surface area contributed by atoms with E-state index >= 15 is 0 Å². The summed E-state index contributed by atoms with van der Waals surface area (Å²) in [5.41, 5.74) is 3.20. The summed E-state index contributed by atoms with van der Waals surface area (Å²) in [4.78, 5) is 30.7. The normalized spacial score (nSPS) is 10.6. The third kappa shape index (κ3) is 3.85. The number of amides is 1. The number of aryl methyl sites for hydroxylation is 1. The van der Waals surface area contributed by atoms with Crippen LogP contribution in [-0.2, 0) is 0 Å². The standard InChI is InChI=1S/C20H13BrN6O2S/c1-10-5-12(13-6-11(7-22)3-4-15(13)29-2)14(8-23-10)18(28)27-20-26-17-19(30-20)25-16(21)9-24-17/h3-6,8-9H,1-2H3,(H,24,26,27,28). The first-order valence-corrected chi connectivity index (χ1v) is 10.2. The number of fused-ring (bicyclic) bond motifs is 1. The number of ether oxygens (including phenoxy) is 1. The third-order valence-electron chi connectivity index (χ3n) is 4.22. The van der Waals surface area contributed by atoms with Crippen molar-refractivity contribution in [3.05, 3.63) is 58.1 Å². The monoisotopic (exact) mass is 480 g/mol. The fourth-order valence-electron chi connectivity index (χ4n) is 2.87. The van der Waals surface area contributed by atoms with Gasteiger partial charge in [-0.05, 0) is 47.1 Å². The molecule has 1 amide bonds. The molecule has 0 saturated carbocycles. The molecule has 3 heterocycles. The van der Waals surface area contributed by atoms with Gasteiger partial charge in [0, 0.05) is 23.0 Å². The highest BCUT2D eigenvalue weighted by Crippen LogP contribution is 2.34. The predicted molar refractivity (Wildman–Crippen MR) is 117 cm³/mol. The van der Waals surface area contributed by atoms with Crippen LogP contribution in [0.15, 0.2) is 41.3 Å². The summed E-state index contributed by atoms with van der Waals surface area (Å²) < 4.78 is 6.04. The molecule has 0 aliphatic rings. The van der Waals surface area contributed by atoms with Gasteiger partial charge in [-0.2, -0.15) is 10.2 Å². The quantitative estimate of drug-likeness (QED) is 0.461. The highest BCUT2D eigenvalue weighted by atomic mass is 79.9. The number of rotatable bonds is 4. The third-order valence-corrected chi connectivity index (χ3v) is 5.45. The molecule has 0 atom stereocenters. The van der Waals surface area contributed by atoms with Crippen LogP contribution in [0.2, 0.25) is 0 Å². The van der Waals surface area contributed by atoms with Gasteiger partial charge in [-0.1, -0.05) is 11.3 Å². The minimum Gasteiger partial charge on any atom is -0.496 e. The van der Waals surface area contributed by atoms with E-state index in [1.165, 1.54) is 24.6 Å². The van der Waals surface area contributed by atoms with Gasteiger partial charge in [0.15, 0.2) is 15.6 Å². The van der Waals surface area contributed by atoms with Crippen LogP contribution in [0.25, 0.3) is 21.6 Å². The smallest absolute Gasteiger partial charge is 0.259 e. The van der Waals surface area contributed by atoms with E-state index in [0.717, 1.165) is 5.69 Å². The molecular weight excluding hydrogens is 468 g/mol. The molecule has 1 aromatic carbocycles. The number of benzene rings is 1. The molecule has 3 aromatic heterocycles. The summed E-state index contributed by atoms with van der Waals surface area (Å²) in [7, 11) is 1.54. The summed E-state index contributed by atoms with van der Waals surface area (Å²) in [6.45, 7) is 1.83. The largest absolute Gasteiger partial charge is 0.496 e. The van der Waals surface area contributed by atoms with Crippen molar-refractivity contribution in [3.8, 4) is 22.9 Å². The van der Waals surface area contributed by atoms with E-state index in [0.29, 0.717) is 48.2 Å². The van der Waals surface area contributed by atoms with Crippen LogP contribution in [0, 0.1) is 18.3 Å². The van der Waals surface area contributed by atoms with Crippen molar-refractivity contribution < 1.29 is 9.53 Å². The average Bonchev–Trinajstić information content (AvgIpc) is 3.14. The summed E-state index contributed by atoms with van der Waals surface area (Å²) in [5.74, 6) is 0.159. The van der Waals surface area contributed by atoms with Gasteiger partial charge in [-0.15, -0.1) is 0 Å². The minimum atomic E-state index is -0.389. The molecule has 1 N–H and O–H groups in total. The molecule has 0 unspecified atom stereocenters. The Labute approximate surface area is 183 Å². The van der Waals surface area contributed by atoms with Crippen LogP contribution in [-0.4, -0.2) is 33.0 Å². The van der Waals surface area contributed by atoms with Gasteiger partial charge in [0.25, 0.3) is 5.91 Å². The van der Waals surface area contributed by atoms with Gasteiger partial charge in [0.05, 0.1) is 30.5 Å². The second-order valence-electron chi connectivity index (χ2n) is 6.19. The van der Waals surface area contributed by atoms with Crippen LogP contribution in [0.5, 0.6) is 5.75 Å². The number of aromatic nitrogens is 4. The van der Waals surface area contributed by atoms with Gasteiger partial charge in [-0.3, -0.25) is 15.1 Å². The molecule has 10 heteroatoms. The number of anilines is 1. The minimum absolute atomic E-state index is 0.329. The summed E-state index contributed by atoms with van der Waals surface area (Å²) in [5, 5.41) is 12.4. The van der Waals surface area contributed by atoms with Crippen LogP contribution in [0.3, 0.4) is 0 Å². The Balaban J connectivity index is 1.76. The predicted octanol–water partition coefficient (Wildman–Crippen LogP) is 4.35. The number of nitriles is 1. The first kappa shape index (κ1) is 19.9. The number of thiazole rings is 1. The van der Waals surface area contributed by atoms with Gasteiger partial charge >= 0.3 is 0 Å². The molecule has 0 aliphatic heterocycles. The van der Waals surface area contributed by atoms with Crippen LogP contribution >= 0.6 is 27.3 Å². The first-order chi connectivity index (χ1) is 14.5. The lowest BCUT2D eigenvalue weighted by Crippen LogP contribution is -2.14. The van der Waals surface area contributed by atoms with E-state index in [2.05, 4.69) is 47.3 Å². The van der Waals surface area contributed by atoms with Crippen LogP contribution in [0.1, 0.15) is 21.6 Å². The van der Waals surface area contributed by atoms with Gasteiger partial charge in [-0.25, -0.2) is 9.97 Å². The topological polar surface area (TPSA) is 114 Å². The number of halogens is 1. The Morgan fingerprint density at radius 2 is 2.03 bits per heavy atom. The maximum atomic E-state index is 13.1. The van der Waals surface area contributed by atoms with Crippen molar-refractivity contribution >= 4 is 48.8 Å². The van der Waals surface area contributed by atoms with E-state index in [4.69, 9.17) is 4.74 Å². The molecule has 0 radical (unpaired) electrons. The molecule has 30 heavy (non-hydrogen) atoms. The Morgan fingerprint density at radius 1 is 1.20 bits per heavy atom. The zero-order valence-electron chi connectivity index (χ0n) is 15.8. The summed E-state index contributed by atoms with van der Waals surface area (Å²) in [6, 6.07) is 8.95. The summed E-state index contributed by atoms with van der Waals surface area (Å²) in [6.07, 6.45) is 3.04. The number of carbonyl (C=O) groups excluding carboxylic acids is 1. The molecule has 0 saturated heterocycles. The molecule has 0 aliphatic carbocycles. The molecule has 8 nitrogen and oxygen atoms in total. The van der Waals surface area contributed by atoms with Crippen molar-refractivity contribution in [1.29, 1.82) is 5.26 Å². The highest BCUT2D eigenvalue weighted by Gasteiger charge is 2.19. The zero-order valence-corrected chi connectivity index (χ0v) is 18.2. The second kappa shape index (κ2) is 8.14. The summed E-state index contributed by atoms with van der Waals surface area (Å²) >= 11 is 4.49. The average molecular weight is 481 g/mol. The zero-order chi connectivity index (χ0) is 21.3. The van der Waals surface area contributed by atoms with Crippen molar-refractivity contribution in [2.24, 2.45) is 0 Å². The number of carbonyl (C=O) groups is 1. The molecule has 0 spiro atoms. The Hall–Kier alpha value is -3.42. The fourth-order valence-corrected chi connectivity index (χ4v) is 4.06. The Kier molecular flexibility index (Phi) is 5.39. The second-order valence-corrected chi connectivity index (χ2v) is 7.98. The molecular formula is C20H13BrN6O2S. The van der Waals surface area contributed by atoms with E-state index in [9.17, 15) is 10.1 Å². The maximum Gasteiger partial charge on any atom is 0.259 e. The van der Waals surface area contributed by atoms with Gasteiger partial charge in [0.1, 0.15) is 10.4 Å². The van der Waals surface area contributed by atoms with Crippen molar-refractivity contribution in [3.63, 3.8) is 0 Å². The first-order valence-electron chi connectivity index (χ1n) is 8.64. The number of pyridine rings is 1. The lowest BCUT2D eigenvalue weighted by molar-refractivity contribution is 0.102.